The first-order valence-electron chi connectivity index (χ1n) is 4.79. The Kier molecular flexibility index (Phi) is 7.75. The summed E-state index contributed by atoms with van der Waals surface area (Å²) in [7, 11) is 0. The smallest absolute Gasteiger partial charge is 0.335 e. The van der Waals surface area contributed by atoms with E-state index >= 15 is 0 Å². The lowest BCUT2D eigenvalue weighted by Gasteiger charge is -2.20. The molecule has 6 nitrogen and oxygen atoms in total. The van der Waals surface area contributed by atoms with E-state index in [2.05, 4.69) is 0 Å². The zero-order valence-electron chi connectivity index (χ0n) is 10.2. The molecule has 2 unspecified atom stereocenters. The molecule has 0 fully saturated rings. The van der Waals surface area contributed by atoms with Crippen LogP contribution in [-0.2, 0) is 14.3 Å². The minimum Gasteiger partial charge on any atom is -0.479 e. The van der Waals surface area contributed by atoms with Crippen LogP contribution < -0.4 is 0 Å². The molecular formula is C10H20O6. The maximum atomic E-state index is 10.7. The Hall–Kier alpha value is -1.14. The van der Waals surface area contributed by atoms with Crippen LogP contribution in [0.1, 0.15) is 34.6 Å². The molecule has 0 aliphatic rings. The predicted molar refractivity (Wildman–Crippen MR) is 56.8 cm³/mol. The van der Waals surface area contributed by atoms with Gasteiger partial charge in [-0.1, -0.05) is 0 Å². The number of aliphatic carboxylic acids is 1. The summed E-state index contributed by atoms with van der Waals surface area (Å²) in [5.74, 6) is -1.76. The number of carboxylic acids is 1. The molecule has 0 aromatic carbocycles. The quantitative estimate of drug-likeness (QED) is 0.590. The van der Waals surface area contributed by atoms with Crippen LogP contribution in [0.5, 0.6) is 0 Å². The largest absolute Gasteiger partial charge is 0.479 e. The molecule has 0 saturated carbocycles. The Morgan fingerprint density at radius 2 is 1.38 bits per heavy atom. The summed E-state index contributed by atoms with van der Waals surface area (Å²) in [4.78, 5) is 20.1. The molecule has 0 bridgehead atoms. The van der Waals surface area contributed by atoms with Crippen molar-refractivity contribution >= 4 is 11.9 Å². The summed E-state index contributed by atoms with van der Waals surface area (Å²) < 4.78 is 4.81. The summed E-state index contributed by atoms with van der Waals surface area (Å²) in [5, 5.41) is 24.5. The molecule has 0 amide bonds. The average Bonchev–Trinajstić information content (AvgIpc) is 2.01. The zero-order valence-corrected chi connectivity index (χ0v) is 10.2. The van der Waals surface area contributed by atoms with E-state index in [1.807, 2.05) is 0 Å². The van der Waals surface area contributed by atoms with Crippen molar-refractivity contribution in [2.24, 2.45) is 0 Å². The summed E-state index contributed by atoms with van der Waals surface area (Å²) in [6, 6.07) is 0. The number of carbonyl (C=O) groups excluding carboxylic acids is 1. The average molecular weight is 236 g/mol. The second kappa shape index (κ2) is 7.19. The van der Waals surface area contributed by atoms with E-state index in [0.717, 1.165) is 0 Å². The van der Waals surface area contributed by atoms with Crippen LogP contribution in [-0.4, -0.2) is 45.1 Å². The number of aliphatic hydroxyl groups excluding tert-OH is 2. The number of aliphatic hydroxyl groups is 2. The minimum atomic E-state index is -1.23. The van der Waals surface area contributed by atoms with Crippen LogP contribution >= 0.6 is 0 Å². The Balaban J connectivity index is 0. The SMILES string of the molecule is CC(O)C(=O)O.CC(O)C(=O)OC(C)(C)C. The van der Waals surface area contributed by atoms with E-state index < -0.39 is 29.7 Å². The maximum Gasteiger partial charge on any atom is 0.335 e. The van der Waals surface area contributed by atoms with Crippen LogP contribution in [0.3, 0.4) is 0 Å². The van der Waals surface area contributed by atoms with Crippen molar-refractivity contribution in [2.75, 3.05) is 0 Å². The van der Waals surface area contributed by atoms with E-state index in [-0.39, 0.29) is 0 Å². The van der Waals surface area contributed by atoms with Crippen LogP contribution in [0.25, 0.3) is 0 Å². The van der Waals surface area contributed by atoms with E-state index in [1.165, 1.54) is 13.8 Å². The minimum absolute atomic E-state index is 0.506. The van der Waals surface area contributed by atoms with E-state index in [9.17, 15) is 9.59 Å². The fourth-order valence-electron chi connectivity index (χ4n) is 0.387. The number of ether oxygens (including phenoxy) is 1. The van der Waals surface area contributed by atoms with Gasteiger partial charge in [-0.3, -0.25) is 0 Å². The highest BCUT2D eigenvalue weighted by Crippen LogP contribution is 2.07. The van der Waals surface area contributed by atoms with Crippen molar-refractivity contribution in [3.8, 4) is 0 Å². The molecule has 0 aliphatic heterocycles. The highest BCUT2D eigenvalue weighted by Gasteiger charge is 2.19. The molecule has 0 aromatic rings. The Morgan fingerprint density at radius 3 is 1.44 bits per heavy atom. The summed E-state index contributed by atoms with van der Waals surface area (Å²) in [6.45, 7) is 7.85. The lowest BCUT2D eigenvalue weighted by Crippen LogP contribution is -2.29. The monoisotopic (exact) mass is 236 g/mol. The fourth-order valence-corrected chi connectivity index (χ4v) is 0.387. The summed E-state index contributed by atoms with van der Waals surface area (Å²) >= 11 is 0. The number of esters is 1. The molecule has 6 heteroatoms. The summed E-state index contributed by atoms with van der Waals surface area (Å²) in [5.41, 5.74) is -0.506. The molecule has 16 heavy (non-hydrogen) atoms. The van der Waals surface area contributed by atoms with Crippen molar-refractivity contribution in [3.63, 3.8) is 0 Å². The first-order valence-corrected chi connectivity index (χ1v) is 4.79. The Labute approximate surface area is 94.8 Å². The van der Waals surface area contributed by atoms with Gasteiger partial charge in [0.15, 0.2) is 0 Å². The molecule has 0 aromatic heterocycles. The van der Waals surface area contributed by atoms with Crippen molar-refractivity contribution in [1.29, 1.82) is 0 Å². The van der Waals surface area contributed by atoms with Gasteiger partial charge in [0, 0.05) is 0 Å². The van der Waals surface area contributed by atoms with Gasteiger partial charge in [-0.15, -0.1) is 0 Å². The van der Waals surface area contributed by atoms with Crippen LogP contribution in [0, 0.1) is 0 Å². The Morgan fingerprint density at radius 1 is 1.06 bits per heavy atom. The topological polar surface area (TPSA) is 104 Å². The van der Waals surface area contributed by atoms with Gasteiger partial charge in [0.1, 0.15) is 17.8 Å². The highest BCUT2D eigenvalue weighted by molar-refractivity contribution is 5.74. The molecule has 0 radical (unpaired) electrons. The third kappa shape index (κ3) is 12.9. The first kappa shape index (κ1) is 17.3. The lowest BCUT2D eigenvalue weighted by molar-refractivity contribution is -0.164. The van der Waals surface area contributed by atoms with Gasteiger partial charge in [-0.2, -0.15) is 0 Å². The zero-order chi connectivity index (χ0) is 13.5. The number of hydrogen-bond donors (Lipinski definition) is 3. The normalized spacial score (nSPS) is 14.2. The van der Waals surface area contributed by atoms with Crippen LogP contribution in [0.2, 0.25) is 0 Å². The maximum absolute atomic E-state index is 10.7. The van der Waals surface area contributed by atoms with Crippen LogP contribution in [0.4, 0.5) is 0 Å². The molecule has 2 atom stereocenters. The Bertz CT molecular complexity index is 226. The van der Waals surface area contributed by atoms with Crippen molar-refractivity contribution < 1.29 is 29.6 Å². The highest BCUT2D eigenvalue weighted by atomic mass is 16.6. The number of rotatable bonds is 2. The number of hydrogen-bond acceptors (Lipinski definition) is 5. The molecule has 96 valence electrons. The molecule has 0 saturated heterocycles. The molecule has 0 aliphatic carbocycles. The predicted octanol–water partition coefficient (Wildman–Crippen LogP) is 0.161. The van der Waals surface area contributed by atoms with Gasteiger partial charge in [0.2, 0.25) is 0 Å². The second-order valence-corrected chi connectivity index (χ2v) is 4.22. The van der Waals surface area contributed by atoms with Gasteiger partial charge >= 0.3 is 11.9 Å². The van der Waals surface area contributed by atoms with Crippen molar-refractivity contribution in [2.45, 2.75) is 52.4 Å². The fraction of sp³-hybridized carbons (Fsp3) is 0.800. The second-order valence-electron chi connectivity index (χ2n) is 4.22. The third-order valence-corrected chi connectivity index (χ3v) is 1.11. The molecule has 0 spiro atoms. The molecule has 3 N–H and O–H groups in total. The van der Waals surface area contributed by atoms with Gasteiger partial charge in [0.05, 0.1) is 0 Å². The number of carboxylic acid groups (broad SMARTS) is 1. The number of carbonyl (C=O) groups is 2. The van der Waals surface area contributed by atoms with Crippen molar-refractivity contribution in [1.82, 2.24) is 0 Å². The standard InChI is InChI=1S/C7H14O3.C3H6O3/c1-5(8)6(9)10-7(2,3)4;1-2(4)3(5)6/h5,8H,1-4H3;2,4H,1H3,(H,5,6). The van der Waals surface area contributed by atoms with E-state index in [4.69, 9.17) is 20.1 Å². The summed E-state index contributed by atoms with van der Waals surface area (Å²) in [6.07, 6.45) is -2.26. The van der Waals surface area contributed by atoms with E-state index in [0.29, 0.717) is 0 Å². The molecule has 0 heterocycles. The first-order chi connectivity index (χ1) is 6.97. The van der Waals surface area contributed by atoms with Gasteiger partial charge < -0.3 is 20.1 Å². The van der Waals surface area contributed by atoms with Crippen LogP contribution in [0.15, 0.2) is 0 Å². The van der Waals surface area contributed by atoms with Crippen molar-refractivity contribution in [3.05, 3.63) is 0 Å². The third-order valence-electron chi connectivity index (χ3n) is 1.11. The van der Waals surface area contributed by atoms with E-state index in [1.54, 1.807) is 20.8 Å². The molecule has 0 rings (SSSR count). The van der Waals surface area contributed by atoms with Gasteiger partial charge in [-0.05, 0) is 34.6 Å². The lowest BCUT2D eigenvalue weighted by atomic mass is 10.2. The molecular weight excluding hydrogens is 216 g/mol. The van der Waals surface area contributed by atoms with Gasteiger partial charge in [0.25, 0.3) is 0 Å². The van der Waals surface area contributed by atoms with Gasteiger partial charge in [-0.25, -0.2) is 9.59 Å².